The molecule has 2 aromatic rings. The maximum Gasteiger partial charge on any atom is 0.287 e. The average molecular weight is 579 g/mol. The summed E-state index contributed by atoms with van der Waals surface area (Å²) in [5.74, 6) is -1.65. The molecule has 0 aliphatic heterocycles. The third-order valence-electron chi connectivity index (χ3n) is 8.25. The van der Waals surface area contributed by atoms with Crippen molar-refractivity contribution in [1.29, 1.82) is 0 Å². The van der Waals surface area contributed by atoms with Gasteiger partial charge in [-0.1, -0.05) is 19.8 Å². The molecule has 224 valence electrons. The van der Waals surface area contributed by atoms with Crippen molar-refractivity contribution in [3.8, 4) is 0 Å². The van der Waals surface area contributed by atoms with Crippen molar-refractivity contribution in [2.45, 2.75) is 70.5 Å². The molecule has 4 rings (SSSR count). The molecule has 4 N–H and O–H groups in total. The molecule has 2 aliphatic carbocycles. The first-order valence-electron chi connectivity index (χ1n) is 14.4. The van der Waals surface area contributed by atoms with Crippen LogP contribution in [-0.2, 0) is 25.7 Å². The van der Waals surface area contributed by atoms with Crippen molar-refractivity contribution in [1.82, 2.24) is 25.5 Å². The lowest BCUT2D eigenvalue weighted by Gasteiger charge is -2.44. The maximum atomic E-state index is 13.2. The van der Waals surface area contributed by atoms with Gasteiger partial charge in [0.15, 0.2) is 0 Å². The molecule has 2 aliphatic rings. The summed E-state index contributed by atoms with van der Waals surface area (Å²) in [5, 5.41) is 10.5. The van der Waals surface area contributed by atoms with Crippen molar-refractivity contribution >= 4 is 35.1 Å². The van der Waals surface area contributed by atoms with Crippen LogP contribution >= 0.6 is 0 Å². The number of carbonyl (C=O) groups excluding carboxylic acids is 5. The Balaban J connectivity index is 1.43. The van der Waals surface area contributed by atoms with E-state index in [-0.39, 0.29) is 42.6 Å². The van der Waals surface area contributed by atoms with Crippen molar-refractivity contribution in [2.24, 2.45) is 17.8 Å². The Morgan fingerprint density at radius 3 is 2.64 bits per heavy atom. The van der Waals surface area contributed by atoms with Crippen LogP contribution in [0.5, 0.6) is 0 Å². The lowest BCUT2D eigenvalue weighted by atomic mass is 9.65. The zero-order valence-electron chi connectivity index (χ0n) is 23.9. The van der Waals surface area contributed by atoms with Gasteiger partial charge in [-0.25, -0.2) is 0 Å². The minimum atomic E-state index is -1.24. The number of pyridine rings is 2. The van der Waals surface area contributed by atoms with Crippen LogP contribution in [0.1, 0.15) is 62.2 Å². The summed E-state index contributed by atoms with van der Waals surface area (Å²) in [6.45, 7) is 1.97. The van der Waals surface area contributed by atoms with Gasteiger partial charge in [0.2, 0.25) is 17.6 Å². The van der Waals surface area contributed by atoms with Crippen LogP contribution < -0.4 is 26.8 Å². The van der Waals surface area contributed by atoms with Crippen molar-refractivity contribution in [3.05, 3.63) is 58.8 Å². The Morgan fingerprint density at radius 1 is 1.10 bits per heavy atom. The van der Waals surface area contributed by atoms with Gasteiger partial charge in [-0.2, -0.15) is 0 Å². The number of carbonyl (C=O) groups is 5. The number of aromatic nitrogens is 2. The molecule has 2 bridgehead atoms. The molecular formula is C30H38N6O6. The summed E-state index contributed by atoms with van der Waals surface area (Å²) < 4.78 is 1.22. The lowest BCUT2D eigenvalue weighted by Crippen LogP contribution is -2.50. The van der Waals surface area contributed by atoms with E-state index in [4.69, 9.17) is 0 Å². The quantitative estimate of drug-likeness (QED) is 0.292. The summed E-state index contributed by atoms with van der Waals surface area (Å²) in [7, 11) is 1.32. The second kappa shape index (κ2) is 14.0. The predicted octanol–water partition coefficient (Wildman–Crippen LogP) is 1.41. The van der Waals surface area contributed by atoms with E-state index >= 15 is 0 Å². The fraction of sp³-hybridized carbons (Fsp3) is 0.500. The van der Waals surface area contributed by atoms with E-state index in [0.717, 1.165) is 25.2 Å². The van der Waals surface area contributed by atoms with Crippen LogP contribution in [-0.4, -0.2) is 58.1 Å². The molecular weight excluding hydrogens is 540 g/mol. The Labute approximate surface area is 244 Å². The van der Waals surface area contributed by atoms with Crippen LogP contribution in [0.4, 0.5) is 5.69 Å². The summed E-state index contributed by atoms with van der Waals surface area (Å²) >= 11 is 0. The summed E-state index contributed by atoms with van der Waals surface area (Å²) in [6, 6.07) is 4.84. The highest BCUT2D eigenvalue weighted by atomic mass is 16.2. The summed E-state index contributed by atoms with van der Waals surface area (Å²) in [6.07, 6.45) is 9.54. The van der Waals surface area contributed by atoms with E-state index in [2.05, 4.69) is 33.2 Å². The monoisotopic (exact) mass is 578 g/mol. The number of rotatable bonds is 11. The average Bonchev–Trinajstić information content (AvgIpc) is 2.99. The minimum Gasteiger partial charge on any atom is -0.353 e. The van der Waals surface area contributed by atoms with Gasteiger partial charge in [-0.15, -0.1) is 0 Å². The van der Waals surface area contributed by atoms with E-state index in [1.807, 2.05) is 0 Å². The number of fused-ring (bicyclic) bond motifs is 2. The van der Waals surface area contributed by atoms with Crippen molar-refractivity contribution < 1.29 is 24.0 Å². The first-order valence-corrected chi connectivity index (χ1v) is 14.4. The minimum absolute atomic E-state index is 0.0781. The third-order valence-corrected chi connectivity index (χ3v) is 8.25. The fourth-order valence-corrected chi connectivity index (χ4v) is 6.17. The van der Waals surface area contributed by atoms with E-state index in [1.165, 1.54) is 61.2 Å². The van der Waals surface area contributed by atoms with Gasteiger partial charge in [0.25, 0.3) is 17.4 Å². The Kier molecular flexibility index (Phi) is 10.2. The van der Waals surface area contributed by atoms with Gasteiger partial charge >= 0.3 is 0 Å². The Bertz CT molecular complexity index is 1370. The topological polar surface area (TPSA) is 168 Å². The van der Waals surface area contributed by atoms with Gasteiger partial charge in [-0.3, -0.25) is 33.8 Å². The second-order valence-corrected chi connectivity index (χ2v) is 11.3. The normalized spacial score (nSPS) is 21.9. The second-order valence-electron chi connectivity index (χ2n) is 11.3. The SMILES string of the molecule is CNC(=O)C(=O)CC[C@H](NC(=O)c1cccnc1)C(=O)Nc1cccn(CC(=O)NC2C(C)CC3CCCC2C3)c1=O. The van der Waals surface area contributed by atoms with Crippen LogP contribution in [0.25, 0.3) is 0 Å². The van der Waals surface area contributed by atoms with Crippen LogP contribution in [0.15, 0.2) is 47.7 Å². The van der Waals surface area contributed by atoms with Crippen LogP contribution in [0.2, 0.25) is 0 Å². The van der Waals surface area contributed by atoms with Gasteiger partial charge in [0, 0.05) is 38.1 Å². The first-order chi connectivity index (χ1) is 20.2. The number of nitrogens with one attached hydrogen (secondary N) is 4. The number of likely N-dealkylation sites (N-methyl/N-ethyl adjacent to an activating group) is 1. The number of ketones is 1. The molecule has 0 saturated heterocycles. The highest BCUT2D eigenvalue weighted by molar-refractivity contribution is 6.36. The fourth-order valence-electron chi connectivity index (χ4n) is 6.17. The van der Waals surface area contributed by atoms with Crippen LogP contribution in [0, 0.1) is 17.8 Å². The molecule has 2 fully saturated rings. The Hall–Kier alpha value is -4.35. The standard InChI is InChI=1S/C30H38N6O6/c1-18-14-19-6-3-7-20(15-19)26(18)35-25(38)17-36-13-5-9-23(30(36)42)34-28(40)22(10-11-24(37)29(41)31-2)33-27(39)21-8-4-12-32-16-21/h4-5,8-9,12-13,16,18-20,22,26H,3,6-7,10-11,14-15,17H2,1-2H3,(H,31,41)(H,33,39)(H,34,40)(H,35,38)/t18?,19?,20?,22-,26?/m0/s1. The molecule has 42 heavy (non-hydrogen) atoms. The van der Waals surface area contributed by atoms with Gasteiger partial charge < -0.3 is 25.8 Å². The molecule has 4 amide bonds. The highest BCUT2D eigenvalue weighted by Crippen LogP contribution is 2.42. The van der Waals surface area contributed by atoms with E-state index < -0.39 is 35.1 Å². The van der Waals surface area contributed by atoms with E-state index in [1.54, 1.807) is 6.07 Å². The number of Topliss-reactive ketones (excluding diaryl/α,β-unsaturated/α-hetero) is 1. The number of amides is 4. The van der Waals surface area contributed by atoms with Gasteiger partial charge in [0.1, 0.15) is 18.3 Å². The molecule has 0 radical (unpaired) electrons. The number of hydrogen-bond donors (Lipinski definition) is 4. The van der Waals surface area contributed by atoms with E-state index in [0.29, 0.717) is 11.8 Å². The highest BCUT2D eigenvalue weighted by Gasteiger charge is 2.38. The predicted molar refractivity (Wildman–Crippen MR) is 154 cm³/mol. The third kappa shape index (κ3) is 7.68. The van der Waals surface area contributed by atoms with Gasteiger partial charge in [0.05, 0.1) is 5.56 Å². The largest absolute Gasteiger partial charge is 0.353 e. The number of anilines is 1. The molecule has 2 saturated carbocycles. The van der Waals surface area contributed by atoms with Crippen molar-refractivity contribution in [3.63, 3.8) is 0 Å². The van der Waals surface area contributed by atoms with E-state index in [9.17, 15) is 28.8 Å². The molecule has 2 heterocycles. The lowest BCUT2D eigenvalue weighted by molar-refractivity contribution is -0.137. The van der Waals surface area contributed by atoms with Crippen molar-refractivity contribution in [2.75, 3.05) is 12.4 Å². The molecule has 4 unspecified atom stereocenters. The summed E-state index contributed by atoms with van der Waals surface area (Å²) in [4.78, 5) is 79.8. The number of hydrogen-bond acceptors (Lipinski definition) is 7. The number of nitrogens with zero attached hydrogens (tertiary/aromatic N) is 2. The molecule has 0 aromatic carbocycles. The molecule has 0 spiro atoms. The molecule has 12 heteroatoms. The first kappa shape index (κ1) is 30.6. The van der Waals surface area contributed by atoms with Crippen LogP contribution in [0.3, 0.4) is 0 Å². The smallest absolute Gasteiger partial charge is 0.287 e. The molecule has 12 nitrogen and oxygen atoms in total. The maximum absolute atomic E-state index is 13.2. The van der Waals surface area contributed by atoms with Gasteiger partial charge in [-0.05, 0) is 67.7 Å². The zero-order chi connectivity index (χ0) is 30.2. The molecule has 5 atom stereocenters. The Morgan fingerprint density at radius 2 is 1.90 bits per heavy atom. The molecule has 2 aromatic heterocycles. The zero-order valence-corrected chi connectivity index (χ0v) is 23.9. The summed E-state index contributed by atoms with van der Waals surface area (Å²) in [5.41, 5.74) is -0.485.